The molecule has 0 heterocycles. The number of phenolic OH excluding ortho intramolecular Hbond substituents is 1. The van der Waals surface area contributed by atoms with Crippen LogP contribution in [0.15, 0.2) is 15.0 Å². The number of hydrogen-bond acceptors (Lipinski definition) is 2. The third kappa shape index (κ3) is 3.90. The number of halogens is 2. The molecule has 1 amide bonds. The summed E-state index contributed by atoms with van der Waals surface area (Å²) in [6.45, 7) is 11.0. The van der Waals surface area contributed by atoms with E-state index >= 15 is 0 Å². The van der Waals surface area contributed by atoms with E-state index in [1.165, 1.54) is 43.2 Å². The molecule has 5 heteroatoms. The van der Waals surface area contributed by atoms with Crippen molar-refractivity contribution < 1.29 is 9.90 Å². The predicted octanol–water partition coefficient (Wildman–Crippen LogP) is 7.43. The van der Waals surface area contributed by atoms with Gasteiger partial charge in [0, 0.05) is 18.5 Å². The van der Waals surface area contributed by atoms with Crippen LogP contribution in [-0.2, 0) is 11.2 Å². The Bertz CT molecular complexity index is 859. The first kappa shape index (κ1) is 23.6. The van der Waals surface area contributed by atoms with Gasteiger partial charge in [-0.2, -0.15) is 0 Å². The zero-order chi connectivity index (χ0) is 22.7. The van der Waals surface area contributed by atoms with Gasteiger partial charge in [0.15, 0.2) is 0 Å². The van der Waals surface area contributed by atoms with E-state index in [1.807, 2.05) is 0 Å². The van der Waals surface area contributed by atoms with Gasteiger partial charge < -0.3 is 10.0 Å². The Morgan fingerprint density at radius 2 is 1.84 bits per heavy atom. The molecule has 3 aliphatic rings. The summed E-state index contributed by atoms with van der Waals surface area (Å²) >= 11 is 7.21. The highest BCUT2D eigenvalue weighted by atomic mass is 79.9. The molecule has 1 N–H and O–H groups in total. The molecular formula is C26H37Br2NO2. The summed E-state index contributed by atoms with van der Waals surface area (Å²) in [5.41, 5.74) is 3.01. The number of carbonyl (C=O) groups excluding carboxylic acids is 1. The zero-order valence-electron chi connectivity index (χ0n) is 19.5. The summed E-state index contributed by atoms with van der Waals surface area (Å²) in [6.07, 6.45) is 7.78. The SMILES string of the molecule is CC(C)N(C(=O)C[C@H]1CC[C@H]2[C@@H]3CCc4c(cc(Br)c(O)c4Br)[C@H]3CC[C@]12C)C(C)C. The summed E-state index contributed by atoms with van der Waals surface area (Å²) in [4.78, 5) is 15.3. The largest absolute Gasteiger partial charge is 0.506 e. The van der Waals surface area contributed by atoms with Crippen molar-refractivity contribution in [2.75, 3.05) is 0 Å². The van der Waals surface area contributed by atoms with Crippen molar-refractivity contribution in [2.24, 2.45) is 23.2 Å². The van der Waals surface area contributed by atoms with E-state index in [4.69, 9.17) is 0 Å². The molecule has 1 aromatic rings. The van der Waals surface area contributed by atoms with E-state index in [1.54, 1.807) is 0 Å². The summed E-state index contributed by atoms with van der Waals surface area (Å²) in [5, 5.41) is 10.4. The van der Waals surface area contributed by atoms with Gasteiger partial charge in [-0.05, 0) is 144 Å². The number of benzene rings is 1. The molecule has 0 bridgehead atoms. The van der Waals surface area contributed by atoms with Crippen LogP contribution in [0.25, 0.3) is 0 Å². The average molecular weight is 555 g/mol. The predicted molar refractivity (Wildman–Crippen MR) is 133 cm³/mol. The average Bonchev–Trinajstić information content (AvgIpc) is 3.01. The number of fused-ring (bicyclic) bond motifs is 5. The topological polar surface area (TPSA) is 40.5 Å². The summed E-state index contributed by atoms with van der Waals surface area (Å²) in [6, 6.07) is 2.70. The molecule has 3 aliphatic carbocycles. The van der Waals surface area contributed by atoms with Gasteiger partial charge in [0.05, 0.1) is 8.95 Å². The minimum absolute atomic E-state index is 0.261. The molecule has 3 nitrogen and oxygen atoms in total. The first-order valence-electron chi connectivity index (χ1n) is 12.1. The second kappa shape index (κ2) is 8.66. The Kier molecular flexibility index (Phi) is 6.60. The number of hydrogen-bond donors (Lipinski definition) is 1. The highest BCUT2D eigenvalue weighted by molar-refractivity contribution is 9.11. The third-order valence-electron chi connectivity index (χ3n) is 8.91. The molecule has 0 radical (unpaired) electrons. The maximum atomic E-state index is 13.2. The number of rotatable bonds is 4. The number of amides is 1. The van der Waals surface area contributed by atoms with Crippen LogP contribution in [0, 0.1) is 23.2 Å². The smallest absolute Gasteiger partial charge is 0.223 e. The van der Waals surface area contributed by atoms with Crippen LogP contribution in [0.3, 0.4) is 0 Å². The molecule has 1 aromatic carbocycles. The molecule has 2 fully saturated rings. The van der Waals surface area contributed by atoms with Crippen molar-refractivity contribution in [3.63, 3.8) is 0 Å². The lowest BCUT2D eigenvalue weighted by Crippen LogP contribution is -2.46. The second-order valence-electron chi connectivity index (χ2n) is 11.0. The van der Waals surface area contributed by atoms with E-state index in [9.17, 15) is 9.90 Å². The zero-order valence-corrected chi connectivity index (χ0v) is 22.7. The second-order valence-corrected chi connectivity index (χ2v) is 12.7. The Balaban J connectivity index is 1.56. The maximum absolute atomic E-state index is 13.2. The van der Waals surface area contributed by atoms with Crippen LogP contribution < -0.4 is 0 Å². The Morgan fingerprint density at radius 3 is 2.48 bits per heavy atom. The van der Waals surface area contributed by atoms with Crippen molar-refractivity contribution >= 4 is 37.8 Å². The number of nitrogens with zero attached hydrogens (tertiary/aromatic N) is 1. The first-order valence-corrected chi connectivity index (χ1v) is 13.7. The maximum Gasteiger partial charge on any atom is 0.223 e. The normalized spacial score (nSPS) is 32.0. The molecule has 4 rings (SSSR count). The van der Waals surface area contributed by atoms with E-state index in [0.717, 1.165) is 15.4 Å². The van der Waals surface area contributed by atoms with Crippen LogP contribution >= 0.6 is 31.9 Å². The fourth-order valence-electron chi connectivity index (χ4n) is 7.57. The molecular weight excluding hydrogens is 518 g/mol. The van der Waals surface area contributed by atoms with Gasteiger partial charge in [-0.3, -0.25) is 4.79 Å². The number of carbonyl (C=O) groups is 1. The molecule has 172 valence electrons. The van der Waals surface area contributed by atoms with E-state index in [-0.39, 0.29) is 17.5 Å². The molecule has 31 heavy (non-hydrogen) atoms. The Labute approximate surface area is 204 Å². The molecule has 0 spiro atoms. The monoisotopic (exact) mass is 553 g/mol. The summed E-state index contributed by atoms with van der Waals surface area (Å²) in [5.74, 6) is 3.16. The quantitative estimate of drug-likeness (QED) is 0.420. The van der Waals surface area contributed by atoms with E-state index < -0.39 is 0 Å². The minimum Gasteiger partial charge on any atom is -0.506 e. The van der Waals surface area contributed by atoms with Crippen molar-refractivity contribution in [2.45, 2.75) is 97.6 Å². The molecule has 5 atom stereocenters. The van der Waals surface area contributed by atoms with Gasteiger partial charge >= 0.3 is 0 Å². The molecule has 0 aromatic heterocycles. The van der Waals surface area contributed by atoms with Crippen molar-refractivity contribution in [3.05, 3.63) is 26.1 Å². The lowest BCUT2D eigenvalue weighted by Gasteiger charge is -2.51. The number of phenols is 1. The standard InChI is InChI=1S/C26H37Br2NO2/c1-14(2)29(15(3)4)23(30)12-16-6-9-21-18-7-8-19-20(13-22(27)25(31)24(19)28)17(18)10-11-26(16,21)5/h13-18,21,31H,6-12H2,1-5H3/t16-,17+,18-,21+,26-/m1/s1. The lowest BCUT2D eigenvalue weighted by atomic mass is 9.54. The van der Waals surface area contributed by atoms with Gasteiger partial charge in [0.2, 0.25) is 5.91 Å². The first-order chi connectivity index (χ1) is 14.6. The van der Waals surface area contributed by atoms with Crippen LogP contribution in [0.2, 0.25) is 0 Å². The van der Waals surface area contributed by atoms with E-state index in [0.29, 0.717) is 41.7 Å². The van der Waals surface area contributed by atoms with Crippen LogP contribution in [-0.4, -0.2) is 28.0 Å². The summed E-state index contributed by atoms with van der Waals surface area (Å²) in [7, 11) is 0. The molecule has 0 unspecified atom stereocenters. The van der Waals surface area contributed by atoms with E-state index in [2.05, 4.69) is 77.4 Å². The highest BCUT2D eigenvalue weighted by Gasteiger charge is 2.55. The molecule has 0 aliphatic heterocycles. The van der Waals surface area contributed by atoms with Gasteiger partial charge in [-0.25, -0.2) is 0 Å². The van der Waals surface area contributed by atoms with Crippen LogP contribution in [0.1, 0.15) is 90.2 Å². The van der Waals surface area contributed by atoms with Crippen LogP contribution in [0.5, 0.6) is 5.75 Å². The third-order valence-corrected chi connectivity index (χ3v) is 10.4. The van der Waals surface area contributed by atoms with Gasteiger partial charge in [-0.1, -0.05) is 6.92 Å². The minimum atomic E-state index is 0.261. The molecule has 2 saturated carbocycles. The Hall–Kier alpha value is -0.550. The van der Waals surface area contributed by atoms with Gasteiger partial charge in [-0.15, -0.1) is 0 Å². The lowest BCUT2D eigenvalue weighted by molar-refractivity contribution is -0.137. The molecule has 0 saturated heterocycles. The fraction of sp³-hybridized carbons (Fsp3) is 0.731. The summed E-state index contributed by atoms with van der Waals surface area (Å²) < 4.78 is 1.67. The van der Waals surface area contributed by atoms with Crippen molar-refractivity contribution in [3.8, 4) is 5.75 Å². The van der Waals surface area contributed by atoms with Gasteiger partial charge in [0.1, 0.15) is 5.75 Å². The number of aromatic hydroxyl groups is 1. The highest BCUT2D eigenvalue weighted by Crippen LogP contribution is 2.64. The fourth-order valence-corrected chi connectivity index (χ4v) is 8.92. The van der Waals surface area contributed by atoms with Crippen molar-refractivity contribution in [1.82, 2.24) is 4.90 Å². The van der Waals surface area contributed by atoms with Crippen LogP contribution in [0.4, 0.5) is 0 Å². The van der Waals surface area contributed by atoms with Gasteiger partial charge in [0.25, 0.3) is 0 Å². The van der Waals surface area contributed by atoms with Crippen molar-refractivity contribution in [1.29, 1.82) is 0 Å². The Morgan fingerprint density at radius 1 is 1.16 bits per heavy atom.